The molecule has 0 saturated carbocycles. The highest BCUT2D eigenvalue weighted by Gasteiger charge is 2.01. The summed E-state index contributed by atoms with van der Waals surface area (Å²) in [5.74, 6) is 0.192. The van der Waals surface area contributed by atoms with Gasteiger partial charge in [-0.25, -0.2) is 0 Å². The number of carbonyl (C=O) groups is 2. The third-order valence-electron chi connectivity index (χ3n) is 4.82. The van der Waals surface area contributed by atoms with Gasteiger partial charge in [-0.2, -0.15) is 0 Å². The van der Waals surface area contributed by atoms with Gasteiger partial charge in [0.1, 0.15) is 11.5 Å². The van der Waals surface area contributed by atoms with Gasteiger partial charge < -0.3 is 10.2 Å². The monoisotopic (exact) mass is 448 g/mol. The fraction of sp³-hybridized carbons (Fsp3) is 0. The third kappa shape index (κ3) is 7.18. The number of phenols is 2. The maximum atomic E-state index is 11.8. The molecule has 4 aromatic carbocycles. The van der Waals surface area contributed by atoms with E-state index in [9.17, 15) is 19.8 Å². The van der Waals surface area contributed by atoms with Gasteiger partial charge in [-0.3, -0.25) is 9.59 Å². The minimum absolute atomic E-state index is 0.0751. The maximum absolute atomic E-state index is 11.8. The minimum atomic E-state index is -0.0751. The first-order chi connectivity index (χ1) is 16.5. The normalized spacial score (nSPS) is 10.6. The largest absolute Gasteiger partial charge is 0.507 e. The van der Waals surface area contributed by atoms with Crippen LogP contribution in [-0.2, 0) is 0 Å². The summed E-state index contributed by atoms with van der Waals surface area (Å²) >= 11 is 0. The van der Waals surface area contributed by atoms with E-state index in [2.05, 4.69) is 0 Å². The van der Waals surface area contributed by atoms with Gasteiger partial charge in [0.05, 0.1) is 0 Å². The van der Waals surface area contributed by atoms with E-state index in [1.807, 2.05) is 48.5 Å². The number of ketones is 2. The van der Waals surface area contributed by atoms with Crippen molar-refractivity contribution in [3.63, 3.8) is 0 Å². The average Bonchev–Trinajstić information content (AvgIpc) is 2.89. The van der Waals surface area contributed by atoms with E-state index in [1.54, 1.807) is 72.8 Å². The second kappa shape index (κ2) is 12.4. The van der Waals surface area contributed by atoms with Crippen molar-refractivity contribution in [3.05, 3.63) is 144 Å². The SMILES string of the molecule is O=C(/C=C/c1ccccc1O)c1ccccc1.O=C(C=Cc1ccccc1O)c1ccccc1. The Labute approximate surface area is 198 Å². The van der Waals surface area contributed by atoms with Crippen LogP contribution in [-0.4, -0.2) is 21.8 Å². The lowest BCUT2D eigenvalue weighted by molar-refractivity contribution is 0.103. The van der Waals surface area contributed by atoms with Crippen molar-refractivity contribution in [2.24, 2.45) is 0 Å². The van der Waals surface area contributed by atoms with Crippen LogP contribution in [0.2, 0.25) is 0 Å². The number of hydrogen-bond donors (Lipinski definition) is 2. The summed E-state index contributed by atoms with van der Waals surface area (Å²) in [6.07, 6.45) is 6.16. The Morgan fingerprint density at radius 3 is 1.15 bits per heavy atom. The molecule has 0 aliphatic carbocycles. The van der Waals surface area contributed by atoms with Crippen LogP contribution >= 0.6 is 0 Å². The maximum Gasteiger partial charge on any atom is 0.185 e. The van der Waals surface area contributed by atoms with E-state index in [1.165, 1.54) is 12.2 Å². The number of carbonyl (C=O) groups excluding carboxylic acids is 2. The second-order valence-corrected chi connectivity index (χ2v) is 7.24. The molecule has 0 aromatic heterocycles. The number of para-hydroxylation sites is 2. The van der Waals surface area contributed by atoms with Gasteiger partial charge in [0, 0.05) is 22.3 Å². The Balaban J connectivity index is 0.000000191. The molecule has 0 bridgehead atoms. The quantitative estimate of drug-likeness (QED) is 0.258. The molecule has 34 heavy (non-hydrogen) atoms. The van der Waals surface area contributed by atoms with Crippen LogP contribution in [0.25, 0.3) is 12.2 Å². The smallest absolute Gasteiger partial charge is 0.185 e. The Kier molecular flexibility index (Phi) is 8.71. The number of rotatable bonds is 6. The number of allylic oxidation sites excluding steroid dienone is 2. The molecule has 4 nitrogen and oxygen atoms in total. The Bertz CT molecular complexity index is 1190. The van der Waals surface area contributed by atoms with Gasteiger partial charge in [-0.05, 0) is 36.4 Å². The zero-order valence-electron chi connectivity index (χ0n) is 18.4. The molecule has 0 aliphatic heterocycles. The van der Waals surface area contributed by atoms with Gasteiger partial charge in [0.2, 0.25) is 0 Å². The summed E-state index contributed by atoms with van der Waals surface area (Å²) in [6.45, 7) is 0. The van der Waals surface area contributed by atoms with Crippen molar-refractivity contribution in [2.75, 3.05) is 0 Å². The molecule has 4 heteroatoms. The van der Waals surface area contributed by atoms with Crippen LogP contribution in [0, 0.1) is 0 Å². The molecule has 0 heterocycles. The molecule has 168 valence electrons. The van der Waals surface area contributed by atoms with Crippen LogP contribution in [0.5, 0.6) is 11.5 Å². The molecule has 0 aliphatic rings. The Morgan fingerprint density at radius 2 is 0.794 bits per heavy atom. The highest BCUT2D eigenvalue weighted by molar-refractivity contribution is 6.07. The summed E-state index contributed by atoms with van der Waals surface area (Å²) in [5, 5.41) is 19.1. The van der Waals surface area contributed by atoms with Crippen molar-refractivity contribution in [2.45, 2.75) is 0 Å². The molecular formula is C30H24O4. The van der Waals surface area contributed by atoms with E-state index in [0.29, 0.717) is 22.3 Å². The van der Waals surface area contributed by atoms with E-state index in [4.69, 9.17) is 0 Å². The molecule has 0 amide bonds. The van der Waals surface area contributed by atoms with E-state index in [0.717, 1.165) is 0 Å². The molecule has 2 N–H and O–H groups in total. The Morgan fingerprint density at radius 1 is 0.471 bits per heavy atom. The van der Waals surface area contributed by atoms with Crippen molar-refractivity contribution in [3.8, 4) is 11.5 Å². The zero-order chi connectivity index (χ0) is 24.2. The first-order valence-electron chi connectivity index (χ1n) is 10.7. The molecule has 0 fully saturated rings. The van der Waals surface area contributed by atoms with E-state index >= 15 is 0 Å². The first-order valence-corrected chi connectivity index (χ1v) is 10.7. The predicted octanol–water partition coefficient (Wildman–Crippen LogP) is 6.58. The fourth-order valence-electron chi connectivity index (χ4n) is 2.99. The molecule has 0 radical (unpaired) electrons. The van der Waals surface area contributed by atoms with E-state index < -0.39 is 0 Å². The van der Waals surface area contributed by atoms with Gasteiger partial charge in [-0.1, -0.05) is 97.1 Å². The van der Waals surface area contributed by atoms with E-state index in [-0.39, 0.29) is 23.1 Å². The van der Waals surface area contributed by atoms with Crippen molar-refractivity contribution in [1.29, 1.82) is 0 Å². The number of aromatic hydroxyl groups is 2. The molecular weight excluding hydrogens is 424 g/mol. The lowest BCUT2D eigenvalue weighted by Crippen LogP contribution is -1.92. The molecule has 4 rings (SSSR count). The number of hydrogen-bond acceptors (Lipinski definition) is 4. The van der Waals surface area contributed by atoms with Crippen LogP contribution in [0.15, 0.2) is 121 Å². The standard InChI is InChI=1S/2C15H12O2/c2*16-14-9-5-4-8-13(14)10-11-15(17)12-6-2-1-3-7-12/h2*1-11,16H/b11-10+;. The highest BCUT2D eigenvalue weighted by atomic mass is 16.3. The summed E-state index contributed by atoms with van der Waals surface area (Å²) in [7, 11) is 0. The number of phenolic OH excluding ortho intramolecular Hbond substituents is 2. The molecule has 0 saturated heterocycles. The lowest BCUT2D eigenvalue weighted by atomic mass is 10.1. The zero-order valence-corrected chi connectivity index (χ0v) is 18.4. The Hall–Kier alpha value is -4.70. The minimum Gasteiger partial charge on any atom is -0.507 e. The summed E-state index contributed by atoms with van der Waals surface area (Å²) in [6, 6.07) is 31.9. The average molecular weight is 449 g/mol. The van der Waals surface area contributed by atoms with Gasteiger partial charge >= 0.3 is 0 Å². The van der Waals surface area contributed by atoms with Gasteiger partial charge in [-0.15, -0.1) is 0 Å². The highest BCUT2D eigenvalue weighted by Crippen LogP contribution is 2.18. The van der Waals surface area contributed by atoms with Crippen LogP contribution < -0.4 is 0 Å². The predicted molar refractivity (Wildman–Crippen MR) is 136 cm³/mol. The van der Waals surface area contributed by atoms with Crippen LogP contribution in [0.3, 0.4) is 0 Å². The topological polar surface area (TPSA) is 74.6 Å². The summed E-state index contributed by atoms with van der Waals surface area (Å²) in [4.78, 5) is 23.5. The number of benzene rings is 4. The lowest BCUT2D eigenvalue weighted by Gasteiger charge is -1.97. The van der Waals surface area contributed by atoms with Crippen LogP contribution in [0.1, 0.15) is 31.8 Å². The summed E-state index contributed by atoms with van der Waals surface area (Å²) in [5.41, 5.74) is 2.55. The van der Waals surface area contributed by atoms with Gasteiger partial charge in [0.15, 0.2) is 11.6 Å². The van der Waals surface area contributed by atoms with Crippen molar-refractivity contribution < 1.29 is 19.8 Å². The fourth-order valence-corrected chi connectivity index (χ4v) is 2.99. The molecule has 0 atom stereocenters. The molecule has 4 aromatic rings. The molecule has 0 unspecified atom stereocenters. The summed E-state index contributed by atoms with van der Waals surface area (Å²) < 4.78 is 0. The van der Waals surface area contributed by atoms with Crippen LogP contribution in [0.4, 0.5) is 0 Å². The first kappa shape index (κ1) is 24.0. The molecule has 0 spiro atoms. The van der Waals surface area contributed by atoms with Crippen molar-refractivity contribution in [1.82, 2.24) is 0 Å². The van der Waals surface area contributed by atoms with Gasteiger partial charge in [0.25, 0.3) is 0 Å². The second-order valence-electron chi connectivity index (χ2n) is 7.24. The third-order valence-corrected chi connectivity index (χ3v) is 4.82. The van der Waals surface area contributed by atoms with Crippen molar-refractivity contribution >= 4 is 23.7 Å².